The van der Waals surface area contributed by atoms with Crippen molar-refractivity contribution >= 4 is 17.5 Å². The van der Waals surface area contributed by atoms with Crippen molar-refractivity contribution in [2.75, 3.05) is 11.9 Å². The highest BCUT2D eigenvalue weighted by Crippen LogP contribution is 2.18. The lowest BCUT2D eigenvalue weighted by atomic mass is 10.1. The van der Waals surface area contributed by atoms with Crippen LogP contribution in [0.1, 0.15) is 15.9 Å². The summed E-state index contributed by atoms with van der Waals surface area (Å²) in [6, 6.07) is 14.1. The Hall–Kier alpha value is -2.82. The lowest BCUT2D eigenvalue weighted by Gasteiger charge is -2.08. The van der Waals surface area contributed by atoms with Crippen LogP contribution >= 0.6 is 0 Å². The van der Waals surface area contributed by atoms with Gasteiger partial charge in [0, 0.05) is 17.3 Å². The standard InChI is InChI=1S/C16H16N2O3/c1-11-4-2-5-12(8-11)16(20)18-13-6-3-7-14(9-13)21-10-15(17)19/h2-9H,10H2,1H3,(H2,17,19)(H,18,20). The van der Waals surface area contributed by atoms with E-state index in [1.54, 1.807) is 30.3 Å². The van der Waals surface area contributed by atoms with Crippen molar-refractivity contribution in [2.24, 2.45) is 5.73 Å². The quantitative estimate of drug-likeness (QED) is 0.882. The van der Waals surface area contributed by atoms with Crippen LogP contribution in [0.3, 0.4) is 0 Å². The average molecular weight is 284 g/mol. The van der Waals surface area contributed by atoms with Gasteiger partial charge in [-0.3, -0.25) is 9.59 Å². The maximum absolute atomic E-state index is 12.1. The summed E-state index contributed by atoms with van der Waals surface area (Å²) in [4.78, 5) is 22.8. The van der Waals surface area contributed by atoms with Gasteiger partial charge in [-0.05, 0) is 31.2 Å². The fourth-order valence-electron chi connectivity index (χ4n) is 1.81. The summed E-state index contributed by atoms with van der Waals surface area (Å²) in [7, 11) is 0. The Morgan fingerprint density at radius 3 is 2.62 bits per heavy atom. The minimum absolute atomic E-state index is 0.199. The van der Waals surface area contributed by atoms with E-state index in [9.17, 15) is 9.59 Å². The summed E-state index contributed by atoms with van der Waals surface area (Å²) in [6.45, 7) is 1.73. The molecule has 0 spiro atoms. The molecule has 0 radical (unpaired) electrons. The van der Waals surface area contributed by atoms with Crippen LogP contribution in [0.5, 0.6) is 5.75 Å². The number of ether oxygens (including phenoxy) is 1. The van der Waals surface area contributed by atoms with Gasteiger partial charge in [0.2, 0.25) is 0 Å². The molecule has 2 amide bonds. The summed E-state index contributed by atoms with van der Waals surface area (Å²) in [5.74, 6) is -0.286. The van der Waals surface area contributed by atoms with E-state index in [1.807, 2.05) is 25.1 Å². The zero-order valence-corrected chi connectivity index (χ0v) is 11.6. The van der Waals surface area contributed by atoms with Crippen LogP contribution in [0.4, 0.5) is 5.69 Å². The summed E-state index contributed by atoms with van der Waals surface area (Å²) in [5.41, 5.74) is 7.20. The Balaban J connectivity index is 2.07. The Labute approximate surface area is 122 Å². The third-order valence-electron chi connectivity index (χ3n) is 2.75. The topological polar surface area (TPSA) is 81.4 Å². The fraction of sp³-hybridized carbons (Fsp3) is 0.125. The number of aryl methyl sites for hydroxylation is 1. The van der Waals surface area contributed by atoms with Gasteiger partial charge in [0.25, 0.3) is 11.8 Å². The first-order valence-electron chi connectivity index (χ1n) is 6.44. The first kappa shape index (κ1) is 14.6. The number of primary amides is 1. The second-order valence-corrected chi connectivity index (χ2v) is 4.61. The number of carbonyl (C=O) groups is 2. The predicted octanol–water partition coefficient (Wildman–Crippen LogP) is 2.11. The molecule has 5 heteroatoms. The van der Waals surface area contributed by atoms with Crippen LogP contribution in [0.15, 0.2) is 48.5 Å². The molecule has 0 saturated heterocycles. The van der Waals surface area contributed by atoms with Crippen molar-refractivity contribution in [3.8, 4) is 5.75 Å². The van der Waals surface area contributed by atoms with Gasteiger partial charge >= 0.3 is 0 Å². The van der Waals surface area contributed by atoms with E-state index in [0.29, 0.717) is 17.0 Å². The number of benzene rings is 2. The Bertz CT molecular complexity index is 668. The van der Waals surface area contributed by atoms with Gasteiger partial charge in [0.15, 0.2) is 6.61 Å². The lowest BCUT2D eigenvalue weighted by Crippen LogP contribution is -2.20. The third kappa shape index (κ3) is 4.35. The zero-order valence-electron chi connectivity index (χ0n) is 11.6. The van der Waals surface area contributed by atoms with E-state index in [0.717, 1.165) is 5.56 Å². The van der Waals surface area contributed by atoms with Gasteiger partial charge in [-0.15, -0.1) is 0 Å². The highest BCUT2D eigenvalue weighted by Gasteiger charge is 2.07. The molecule has 0 aliphatic carbocycles. The van der Waals surface area contributed by atoms with Crippen molar-refractivity contribution < 1.29 is 14.3 Å². The van der Waals surface area contributed by atoms with Gasteiger partial charge in [0.1, 0.15) is 5.75 Å². The molecule has 2 aromatic rings. The summed E-state index contributed by atoms with van der Waals surface area (Å²) >= 11 is 0. The van der Waals surface area contributed by atoms with E-state index in [2.05, 4.69) is 5.32 Å². The van der Waals surface area contributed by atoms with Crippen LogP contribution in [0.25, 0.3) is 0 Å². The van der Waals surface area contributed by atoms with E-state index in [4.69, 9.17) is 10.5 Å². The number of rotatable bonds is 5. The van der Waals surface area contributed by atoms with Gasteiger partial charge in [-0.2, -0.15) is 0 Å². The summed E-state index contributed by atoms with van der Waals surface area (Å²) in [5, 5.41) is 2.78. The van der Waals surface area contributed by atoms with Crippen molar-refractivity contribution in [1.29, 1.82) is 0 Å². The molecule has 0 unspecified atom stereocenters. The highest BCUT2D eigenvalue weighted by atomic mass is 16.5. The van der Waals surface area contributed by atoms with Crippen LogP contribution in [0, 0.1) is 6.92 Å². The first-order valence-corrected chi connectivity index (χ1v) is 6.44. The number of hydrogen-bond donors (Lipinski definition) is 2. The summed E-state index contributed by atoms with van der Waals surface area (Å²) < 4.78 is 5.19. The minimum Gasteiger partial charge on any atom is -0.484 e. The van der Waals surface area contributed by atoms with Crippen molar-refractivity contribution in [2.45, 2.75) is 6.92 Å². The highest BCUT2D eigenvalue weighted by molar-refractivity contribution is 6.04. The lowest BCUT2D eigenvalue weighted by molar-refractivity contribution is -0.119. The smallest absolute Gasteiger partial charge is 0.255 e. The molecule has 0 atom stereocenters. The molecule has 5 nitrogen and oxygen atoms in total. The molecule has 0 bridgehead atoms. The van der Waals surface area contributed by atoms with E-state index in [-0.39, 0.29) is 12.5 Å². The number of nitrogens with two attached hydrogens (primary N) is 1. The molecule has 0 aromatic heterocycles. The second-order valence-electron chi connectivity index (χ2n) is 4.61. The van der Waals surface area contributed by atoms with Crippen LogP contribution in [-0.2, 0) is 4.79 Å². The molecule has 21 heavy (non-hydrogen) atoms. The normalized spacial score (nSPS) is 9.95. The minimum atomic E-state index is -0.552. The number of carbonyl (C=O) groups excluding carboxylic acids is 2. The molecule has 3 N–H and O–H groups in total. The van der Waals surface area contributed by atoms with Gasteiger partial charge in [0.05, 0.1) is 0 Å². The van der Waals surface area contributed by atoms with Gasteiger partial charge in [-0.1, -0.05) is 23.8 Å². The molecule has 108 valence electrons. The van der Waals surface area contributed by atoms with Crippen molar-refractivity contribution in [3.63, 3.8) is 0 Å². The number of amides is 2. The monoisotopic (exact) mass is 284 g/mol. The molecular formula is C16H16N2O3. The van der Waals surface area contributed by atoms with E-state index in [1.165, 1.54) is 0 Å². The predicted molar refractivity (Wildman–Crippen MR) is 80.3 cm³/mol. The zero-order chi connectivity index (χ0) is 15.2. The SMILES string of the molecule is Cc1cccc(C(=O)Nc2cccc(OCC(N)=O)c2)c1. The Morgan fingerprint density at radius 1 is 1.14 bits per heavy atom. The molecule has 0 fully saturated rings. The molecule has 2 rings (SSSR count). The van der Waals surface area contributed by atoms with Gasteiger partial charge in [-0.25, -0.2) is 0 Å². The molecule has 2 aromatic carbocycles. The number of nitrogens with one attached hydrogen (secondary N) is 1. The van der Waals surface area contributed by atoms with Crippen LogP contribution in [-0.4, -0.2) is 18.4 Å². The molecule has 0 aliphatic rings. The summed E-state index contributed by atoms with van der Waals surface area (Å²) in [6.07, 6.45) is 0. The second kappa shape index (κ2) is 6.56. The van der Waals surface area contributed by atoms with E-state index < -0.39 is 5.91 Å². The van der Waals surface area contributed by atoms with Gasteiger partial charge < -0.3 is 15.8 Å². The average Bonchev–Trinajstić information content (AvgIpc) is 2.45. The Kier molecular flexibility index (Phi) is 4.56. The maximum atomic E-state index is 12.1. The maximum Gasteiger partial charge on any atom is 0.255 e. The van der Waals surface area contributed by atoms with Crippen LogP contribution < -0.4 is 15.8 Å². The molecular weight excluding hydrogens is 268 g/mol. The fourth-order valence-corrected chi connectivity index (χ4v) is 1.81. The molecule has 0 aliphatic heterocycles. The third-order valence-corrected chi connectivity index (χ3v) is 2.75. The Morgan fingerprint density at radius 2 is 1.90 bits per heavy atom. The molecule has 0 saturated carbocycles. The number of anilines is 1. The molecule has 0 heterocycles. The van der Waals surface area contributed by atoms with Crippen molar-refractivity contribution in [3.05, 3.63) is 59.7 Å². The largest absolute Gasteiger partial charge is 0.484 e. The van der Waals surface area contributed by atoms with E-state index >= 15 is 0 Å². The number of hydrogen-bond acceptors (Lipinski definition) is 3. The van der Waals surface area contributed by atoms with Crippen LogP contribution in [0.2, 0.25) is 0 Å². The first-order chi connectivity index (χ1) is 10.0. The van der Waals surface area contributed by atoms with Crippen molar-refractivity contribution in [1.82, 2.24) is 0 Å².